The summed E-state index contributed by atoms with van der Waals surface area (Å²) < 4.78 is 68.1. The molecule has 21 heteroatoms. The van der Waals surface area contributed by atoms with E-state index in [1.54, 1.807) is 15.9 Å². The first-order valence-corrected chi connectivity index (χ1v) is 20.6. The van der Waals surface area contributed by atoms with Gasteiger partial charge in [-0.05, 0) is 62.9 Å². The summed E-state index contributed by atoms with van der Waals surface area (Å²) in [5.74, 6) is -2.70. The van der Waals surface area contributed by atoms with Crippen molar-refractivity contribution in [3.63, 3.8) is 0 Å². The van der Waals surface area contributed by atoms with Gasteiger partial charge in [0.1, 0.15) is 28.8 Å². The van der Waals surface area contributed by atoms with Crippen molar-refractivity contribution in [2.75, 3.05) is 32.7 Å². The molecule has 15 nitrogen and oxygen atoms in total. The number of ether oxygens (including phenoxy) is 1. The van der Waals surface area contributed by atoms with Gasteiger partial charge in [0, 0.05) is 66.9 Å². The fraction of sp³-hybridized carbons (Fsp3) is 0.486. The summed E-state index contributed by atoms with van der Waals surface area (Å²) in [6.45, 7) is 7.35. The summed E-state index contributed by atoms with van der Waals surface area (Å²) in [7, 11) is -4.28. The van der Waals surface area contributed by atoms with E-state index in [4.69, 9.17) is 55.0 Å². The number of fused-ring (bicyclic) bond motifs is 1. The topological polar surface area (TPSA) is 237 Å². The minimum absolute atomic E-state index is 0.0153. The molecule has 0 unspecified atom stereocenters. The van der Waals surface area contributed by atoms with Gasteiger partial charge in [0.05, 0.1) is 5.02 Å². The predicted octanol–water partition coefficient (Wildman–Crippen LogP) is 4.65. The van der Waals surface area contributed by atoms with Gasteiger partial charge >= 0.3 is 12.1 Å². The number of pyridine rings is 1. The number of aliphatic imine (C=N–C) groups is 1. The normalized spacial score (nSPS) is 14.3. The lowest BCUT2D eigenvalue weighted by molar-refractivity contribution is -0.192. The van der Waals surface area contributed by atoms with Crippen LogP contribution >= 0.6 is 23.2 Å². The number of amides is 2. The van der Waals surface area contributed by atoms with Gasteiger partial charge in [-0.3, -0.25) is 14.6 Å². The van der Waals surface area contributed by atoms with E-state index in [0.29, 0.717) is 50.2 Å². The molecule has 0 bridgehead atoms. The molecule has 0 aliphatic carbocycles. The molecule has 4 rings (SSSR count). The van der Waals surface area contributed by atoms with Crippen LogP contribution in [0.15, 0.2) is 46.3 Å². The number of carboxylic acid groups (broad SMARTS) is 1. The van der Waals surface area contributed by atoms with Gasteiger partial charge in [-0.1, -0.05) is 55.1 Å². The number of hydrogen-bond donors (Lipinski definition) is 5. The van der Waals surface area contributed by atoms with E-state index in [1.165, 1.54) is 12.1 Å². The van der Waals surface area contributed by atoms with Crippen molar-refractivity contribution in [3.8, 4) is 5.75 Å². The largest absolute Gasteiger partial charge is 0.490 e. The molecule has 1 saturated heterocycles. The number of unbranched alkanes of at least 4 members (excludes halogenated alkanes) is 1. The number of hydrogen-bond acceptors (Lipinski definition) is 9. The molecule has 2 amide bonds. The van der Waals surface area contributed by atoms with Crippen molar-refractivity contribution in [2.45, 2.75) is 89.1 Å². The van der Waals surface area contributed by atoms with E-state index in [9.17, 15) is 31.2 Å². The molecule has 0 spiro atoms. The lowest BCUT2D eigenvalue weighted by Gasteiger charge is -2.37. The summed E-state index contributed by atoms with van der Waals surface area (Å²) in [5, 5.41) is 8.19. The van der Waals surface area contributed by atoms with E-state index in [2.05, 4.69) is 14.7 Å². The number of guanidine groups is 1. The molecule has 2 atom stereocenters. The first kappa shape index (κ1) is 47.9. The highest BCUT2D eigenvalue weighted by molar-refractivity contribution is 7.89. The molecule has 1 aromatic heterocycles. The van der Waals surface area contributed by atoms with E-state index in [1.807, 2.05) is 39.0 Å². The summed E-state index contributed by atoms with van der Waals surface area (Å²) in [6.07, 6.45) is -2.01. The number of aliphatic carboxylic acids is 1. The van der Waals surface area contributed by atoms with Crippen LogP contribution < -0.4 is 26.7 Å². The summed E-state index contributed by atoms with van der Waals surface area (Å²) >= 11 is 13.2. The number of piperazine rings is 1. The Kier molecular flexibility index (Phi) is 17.8. The molecular weight excluding hydrogens is 828 g/mol. The number of rotatable bonds is 16. The third-order valence-electron chi connectivity index (χ3n) is 9.04. The van der Waals surface area contributed by atoms with Crippen LogP contribution in [0.4, 0.5) is 13.2 Å². The molecule has 8 N–H and O–H groups in total. The molecule has 58 heavy (non-hydrogen) atoms. The zero-order chi connectivity index (χ0) is 43.4. The highest BCUT2D eigenvalue weighted by Crippen LogP contribution is 2.34. The number of para-hydroxylation sites is 1. The number of sulfonamides is 1. The van der Waals surface area contributed by atoms with Crippen molar-refractivity contribution >= 4 is 67.9 Å². The second-order valence-electron chi connectivity index (χ2n) is 13.6. The Morgan fingerprint density at radius 2 is 1.67 bits per heavy atom. The second-order valence-corrected chi connectivity index (χ2v) is 16.1. The monoisotopic (exact) mass is 876 g/mol. The maximum atomic E-state index is 13.8. The van der Waals surface area contributed by atoms with Crippen LogP contribution in [0.5, 0.6) is 5.75 Å². The maximum absolute atomic E-state index is 13.8. The predicted molar refractivity (Wildman–Crippen MR) is 215 cm³/mol. The van der Waals surface area contributed by atoms with Crippen LogP contribution in [0.3, 0.4) is 0 Å². The Bertz CT molecular complexity index is 2060. The fourth-order valence-corrected chi connectivity index (χ4v) is 8.15. The minimum atomic E-state index is -5.08. The first-order valence-electron chi connectivity index (χ1n) is 18.3. The molecule has 2 heterocycles. The highest BCUT2D eigenvalue weighted by Gasteiger charge is 2.38. The Labute approximate surface area is 345 Å². The molecule has 0 radical (unpaired) electrons. The van der Waals surface area contributed by atoms with Gasteiger partial charge in [-0.25, -0.2) is 18.2 Å². The molecule has 1 aliphatic heterocycles. The third-order valence-corrected chi connectivity index (χ3v) is 11.5. The Balaban J connectivity index is 0.00000117. The number of nitrogens with two attached hydrogens (primary N) is 3. The zero-order valence-electron chi connectivity index (χ0n) is 32.3. The van der Waals surface area contributed by atoms with Crippen LogP contribution in [0.2, 0.25) is 10.0 Å². The number of carbonyl (C=O) groups excluding carboxylic acids is 2. The lowest BCUT2D eigenvalue weighted by Crippen LogP contribution is -2.56. The molecule has 0 saturated carbocycles. The standard InChI is InChI=1S/C35H48Cl2N8O5S.C2HF3O2/c1-4-5-10-28(34(47)45-17-15-44(16-18-45)31(46)20-24(38)8-7-14-41-35(39)40)43-51(48,49)30-13-12-27(36)26(32(30)37)21-50-29-11-6-9-25-22(2)19-23(3)42-33(25)29;3-2(4,5)1(6)7/h6,9,11-13,19,24,28,43H,4-5,7-8,10,14-18,20-21,38H2,1-3H3,(H4,39,40,41);(H,6,7)/t24-,28+;/m0./s1. The van der Waals surface area contributed by atoms with Crippen LogP contribution in [-0.2, 0) is 31.0 Å². The SMILES string of the molecule is CCCC[C@@H](NS(=O)(=O)c1ccc(Cl)c(COc2cccc3c(C)cc(C)nc23)c1Cl)C(=O)N1CCN(C(=O)C[C@@H](N)CCCN=C(N)N)CC1.O=C(O)C(F)(F)F. The van der Waals surface area contributed by atoms with Crippen LogP contribution in [0, 0.1) is 13.8 Å². The van der Waals surface area contributed by atoms with Crippen molar-refractivity contribution in [3.05, 3.63) is 63.3 Å². The number of aromatic nitrogens is 1. The van der Waals surface area contributed by atoms with Crippen LogP contribution in [0.25, 0.3) is 10.9 Å². The molecule has 1 fully saturated rings. The average molecular weight is 878 g/mol. The molecule has 320 valence electrons. The summed E-state index contributed by atoms with van der Waals surface area (Å²) in [5.41, 5.74) is 19.7. The smallest absolute Gasteiger partial charge is 0.487 e. The lowest BCUT2D eigenvalue weighted by atomic mass is 10.1. The van der Waals surface area contributed by atoms with Crippen molar-refractivity contribution in [1.29, 1.82) is 0 Å². The van der Waals surface area contributed by atoms with Gasteiger partial charge in [0.2, 0.25) is 21.8 Å². The summed E-state index contributed by atoms with van der Waals surface area (Å²) in [6, 6.07) is 8.98. The number of carbonyl (C=O) groups is 3. The van der Waals surface area contributed by atoms with E-state index >= 15 is 0 Å². The van der Waals surface area contributed by atoms with Gasteiger partial charge in [-0.2, -0.15) is 17.9 Å². The van der Waals surface area contributed by atoms with Gasteiger partial charge in [-0.15, -0.1) is 0 Å². The van der Waals surface area contributed by atoms with Crippen molar-refractivity contribution in [2.24, 2.45) is 22.2 Å². The van der Waals surface area contributed by atoms with Gasteiger partial charge in [0.15, 0.2) is 5.96 Å². The fourth-order valence-electron chi connectivity index (χ4n) is 6.04. The average Bonchev–Trinajstić information content (AvgIpc) is 3.14. The van der Waals surface area contributed by atoms with E-state index in [-0.39, 0.29) is 76.9 Å². The number of benzene rings is 2. The third kappa shape index (κ3) is 13.9. The summed E-state index contributed by atoms with van der Waals surface area (Å²) in [4.78, 5) is 47.2. The van der Waals surface area contributed by atoms with Crippen LogP contribution in [0.1, 0.15) is 62.3 Å². The number of halogens is 5. The highest BCUT2D eigenvalue weighted by atomic mass is 35.5. The molecule has 1 aliphatic rings. The molecular formula is C37H49Cl2F3N8O7S. The minimum Gasteiger partial charge on any atom is -0.487 e. The quantitative estimate of drug-likeness (QED) is 0.0755. The van der Waals surface area contributed by atoms with E-state index in [0.717, 1.165) is 23.1 Å². The Hall–Kier alpha value is -4.43. The Morgan fingerprint density at radius 1 is 1.03 bits per heavy atom. The Morgan fingerprint density at radius 3 is 2.28 bits per heavy atom. The number of nitrogens with zero attached hydrogens (tertiary/aromatic N) is 4. The number of nitrogens with one attached hydrogen (secondary N) is 1. The van der Waals surface area contributed by atoms with E-state index < -0.39 is 28.2 Å². The second kappa shape index (κ2) is 21.5. The van der Waals surface area contributed by atoms with Crippen LogP contribution in [-0.4, -0.2) is 103 Å². The first-order chi connectivity index (χ1) is 27.2. The van der Waals surface area contributed by atoms with Crippen molar-refractivity contribution < 1.29 is 45.8 Å². The van der Waals surface area contributed by atoms with Crippen molar-refractivity contribution in [1.82, 2.24) is 19.5 Å². The zero-order valence-corrected chi connectivity index (χ0v) is 34.6. The maximum Gasteiger partial charge on any atom is 0.490 e. The molecule has 3 aromatic rings. The van der Waals surface area contributed by atoms with Gasteiger partial charge < -0.3 is 36.8 Å². The number of carboxylic acids is 1. The van der Waals surface area contributed by atoms with Gasteiger partial charge in [0.25, 0.3) is 0 Å². The molecule has 2 aromatic carbocycles. The number of aryl methyl sites for hydroxylation is 2. The number of alkyl halides is 3.